The van der Waals surface area contributed by atoms with Gasteiger partial charge in [-0.25, -0.2) is 0 Å². The van der Waals surface area contributed by atoms with Gasteiger partial charge in [0.25, 0.3) is 5.91 Å². The zero-order valence-electron chi connectivity index (χ0n) is 23.1. The maximum Gasteiger partial charge on any atom is 0.310 e. The molecule has 0 aliphatic carbocycles. The van der Waals surface area contributed by atoms with Crippen molar-refractivity contribution < 1.29 is 24.2 Å². The van der Waals surface area contributed by atoms with E-state index in [1.54, 1.807) is 46.2 Å². The van der Waals surface area contributed by atoms with Gasteiger partial charge in [0.15, 0.2) is 0 Å². The number of thioether (sulfide) groups is 1. The predicted molar refractivity (Wildman–Crippen MR) is 170 cm³/mol. The van der Waals surface area contributed by atoms with E-state index in [1.807, 2.05) is 30.3 Å². The van der Waals surface area contributed by atoms with Crippen LogP contribution in [0.5, 0.6) is 0 Å². The number of para-hydroxylation sites is 1. The fourth-order valence-corrected chi connectivity index (χ4v) is 10.6. The zero-order valence-corrected chi connectivity index (χ0v) is 26.3. The Labute approximate surface area is 264 Å². The highest BCUT2D eigenvalue weighted by atomic mass is 79.9. The number of aliphatic hydroxyl groups excluding tert-OH is 1. The number of rotatable bonds is 12. The average molecular weight is 674 g/mol. The van der Waals surface area contributed by atoms with Crippen molar-refractivity contribution in [2.24, 2.45) is 11.8 Å². The molecule has 0 saturated carbocycles. The molecule has 222 valence electrons. The fraction of sp³-hybridized carbons (Fsp3) is 0.406. The molecular weight excluding hydrogens is 640 g/mol. The van der Waals surface area contributed by atoms with E-state index in [0.29, 0.717) is 30.0 Å². The van der Waals surface area contributed by atoms with E-state index < -0.39 is 34.6 Å². The van der Waals surface area contributed by atoms with Gasteiger partial charge in [-0.15, -0.1) is 24.9 Å². The molecule has 1 spiro atoms. The Hall–Kier alpha value is -2.59. The molecule has 1 N–H and O–H groups in total. The number of hydrogen-bond donors (Lipinski definition) is 1. The van der Waals surface area contributed by atoms with Gasteiger partial charge in [-0.2, -0.15) is 0 Å². The Balaban J connectivity index is 1.61. The molecule has 3 fully saturated rings. The number of carbonyl (C=O) groups is 3. The molecular formula is C32H34BrClN2O5S. The van der Waals surface area contributed by atoms with Crippen LogP contribution in [0.15, 0.2) is 79.9 Å². The number of fused-ring (bicyclic) bond motifs is 1. The minimum absolute atomic E-state index is 0.103. The first-order chi connectivity index (χ1) is 20.3. The number of halogens is 2. The van der Waals surface area contributed by atoms with Gasteiger partial charge >= 0.3 is 5.97 Å². The summed E-state index contributed by atoms with van der Waals surface area (Å²) in [6.45, 7) is 7.55. The highest BCUT2D eigenvalue weighted by Gasteiger charge is 2.76. The van der Waals surface area contributed by atoms with Gasteiger partial charge in [-0.1, -0.05) is 82.1 Å². The fourth-order valence-electron chi connectivity index (χ4n) is 6.74. The standard InChI is InChI=1S/C32H34BrClN2O5S/c1-3-5-16-41-31(40)25-26-29(38)36(21(19-37)17-20-11-7-6-8-12-20)28(32(26)18-22(33)27(25)42-32)30(39)35(15-4-2)24-14-10-9-13-23(24)34/h3-4,6-14,21-22,25-28,37H,1-2,5,15-19H2/t21-,22?,25+,26+,27+,28?,32?/m1/s1. The molecule has 7 atom stereocenters. The number of benzene rings is 2. The molecule has 2 aromatic rings. The van der Waals surface area contributed by atoms with Gasteiger partial charge in [0.2, 0.25) is 5.91 Å². The van der Waals surface area contributed by atoms with Gasteiger partial charge < -0.3 is 19.6 Å². The van der Waals surface area contributed by atoms with E-state index in [1.165, 1.54) is 11.8 Å². The molecule has 5 rings (SSSR count). The van der Waals surface area contributed by atoms with E-state index in [9.17, 15) is 19.5 Å². The van der Waals surface area contributed by atoms with Crippen LogP contribution in [0.25, 0.3) is 0 Å². The number of anilines is 1. The summed E-state index contributed by atoms with van der Waals surface area (Å²) in [5, 5.41) is 10.9. The number of nitrogens with zero attached hydrogens (tertiary/aromatic N) is 2. The van der Waals surface area contributed by atoms with Gasteiger partial charge in [-0.05, 0) is 37.0 Å². The lowest BCUT2D eigenvalue weighted by Gasteiger charge is -2.40. The Morgan fingerprint density at radius 2 is 1.90 bits per heavy atom. The quantitative estimate of drug-likeness (QED) is 0.147. The highest BCUT2D eigenvalue weighted by molar-refractivity contribution is 9.09. The van der Waals surface area contributed by atoms with Crippen LogP contribution in [-0.2, 0) is 25.5 Å². The van der Waals surface area contributed by atoms with E-state index in [-0.39, 0.29) is 41.6 Å². The summed E-state index contributed by atoms with van der Waals surface area (Å²) in [7, 11) is 0. The molecule has 3 aliphatic rings. The van der Waals surface area contributed by atoms with Gasteiger partial charge in [0, 0.05) is 16.6 Å². The van der Waals surface area contributed by atoms with E-state index in [0.717, 1.165) is 5.56 Å². The van der Waals surface area contributed by atoms with Crippen LogP contribution in [0.3, 0.4) is 0 Å². The van der Waals surface area contributed by atoms with Crippen LogP contribution in [0.1, 0.15) is 18.4 Å². The van der Waals surface area contributed by atoms with E-state index >= 15 is 0 Å². The third-order valence-corrected chi connectivity index (χ3v) is 12.0. The Morgan fingerprint density at radius 1 is 1.19 bits per heavy atom. The highest BCUT2D eigenvalue weighted by Crippen LogP contribution is 2.68. The Morgan fingerprint density at radius 3 is 2.57 bits per heavy atom. The largest absolute Gasteiger partial charge is 0.465 e. The van der Waals surface area contributed by atoms with Gasteiger partial charge in [0.1, 0.15) is 6.04 Å². The number of aliphatic hydroxyl groups is 1. The first-order valence-corrected chi connectivity index (χ1v) is 16.2. The Kier molecular flexibility index (Phi) is 9.52. The molecule has 0 radical (unpaired) electrons. The number of amides is 2. The third-order valence-electron chi connectivity index (χ3n) is 8.44. The zero-order chi connectivity index (χ0) is 30.0. The van der Waals surface area contributed by atoms with Gasteiger partial charge in [0.05, 0.1) is 46.5 Å². The minimum atomic E-state index is -0.951. The number of alkyl halides is 1. The minimum Gasteiger partial charge on any atom is -0.465 e. The van der Waals surface area contributed by atoms with Crippen LogP contribution >= 0.6 is 39.3 Å². The van der Waals surface area contributed by atoms with Crippen molar-refractivity contribution in [1.82, 2.24) is 4.90 Å². The van der Waals surface area contributed by atoms with Crippen LogP contribution < -0.4 is 4.90 Å². The summed E-state index contributed by atoms with van der Waals surface area (Å²) in [5.41, 5.74) is 1.43. The second kappa shape index (κ2) is 13.0. The first kappa shape index (κ1) is 30.9. The van der Waals surface area contributed by atoms with Crippen molar-refractivity contribution in [3.05, 3.63) is 90.5 Å². The van der Waals surface area contributed by atoms with Crippen molar-refractivity contribution >= 4 is 62.8 Å². The molecule has 42 heavy (non-hydrogen) atoms. The summed E-state index contributed by atoms with van der Waals surface area (Å²) in [6, 6.07) is 15.0. The van der Waals surface area contributed by atoms with Crippen molar-refractivity contribution in [2.75, 3.05) is 24.7 Å². The lowest BCUT2D eigenvalue weighted by Crippen LogP contribution is -2.58. The van der Waals surface area contributed by atoms with Crippen molar-refractivity contribution in [3.8, 4) is 0 Å². The molecule has 3 saturated heterocycles. The Bertz CT molecular complexity index is 1360. The number of hydrogen-bond acceptors (Lipinski definition) is 6. The molecule has 2 bridgehead atoms. The number of likely N-dealkylation sites (tertiary alicyclic amines) is 1. The smallest absolute Gasteiger partial charge is 0.310 e. The lowest BCUT2D eigenvalue weighted by atomic mass is 9.71. The molecule has 3 aliphatic heterocycles. The molecule has 3 unspecified atom stereocenters. The number of carbonyl (C=O) groups excluding carboxylic acids is 3. The summed E-state index contributed by atoms with van der Waals surface area (Å²) in [5.74, 6) is -2.56. The topological polar surface area (TPSA) is 87.1 Å². The molecule has 10 heteroatoms. The van der Waals surface area contributed by atoms with Crippen molar-refractivity contribution in [1.29, 1.82) is 0 Å². The number of ether oxygens (including phenoxy) is 1. The maximum absolute atomic E-state index is 14.8. The molecule has 2 amide bonds. The van der Waals surface area contributed by atoms with Crippen LogP contribution in [0.2, 0.25) is 5.02 Å². The van der Waals surface area contributed by atoms with Crippen molar-refractivity contribution in [3.63, 3.8) is 0 Å². The first-order valence-electron chi connectivity index (χ1n) is 14.0. The maximum atomic E-state index is 14.8. The SMILES string of the molecule is C=CCCOC(=O)[C@H]1[C@H]2C(=O)N([C@@H](CO)Cc3ccccc3)C(C(=O)N(CC=C)c3ccccc3Cl)C23CC(Br)[C@@H]1S3. The predicted octanol–water partition coefficient (Wildman–Crippen LogP) is 5.05. The normalized spacial score (nSPS) is 28.3. The molecule has 7 nitrogen and oxygen atoms in total. The molecule has 0 aromatic heterocycles. The molecule has 2 aromatic carbocycles. The van der Waals surface area contributed by atoms with Gasteiger partial charge in [-0.3, -0.25) is 14.4 Å². The third kappa shape index (κ3) is 5.34. The van der Waals surface area contributed by atoms with Crippen molar-refractivity contribution in [2.45, 2.75) is 46.2 Å². The van der Waals surface area contributed by atoms with E-state index in [2.05, 4.69) is 29.1 Å². The molecule has 3 heterocycles. The van der Waals surface area contributed by atoms with Crippen LogP contribution in [0, 0.1) is 11.8 Å². The second-order valence-corrected chi connectivity index (χ2v) is 14.0. The van der Waals surface area contributed by atoms with Crippen LogP contribution in [0.4, 0.5) is 5.69 Å². The number of esters is 1. The summed E-state index contributed by atoms with van der Waals surface area (Å²) < 4.78 is 4.71. The van der Waals surface area contributed by atoms with Crippen LogP contribution in [-0.4, -0.2) is 74.5 Å². The summed E-state index contributed by atoms with van der Waals surface area (Å²) in [4.78, 5) is 45.9. The second-order valence-electron chi connectivity index (χ2n) is 10.9. The summed E-state index contributed by atoms with van der Waals surface area (Å²) >= 11 is 11.9. The summed E-state index contributed by atoms with van der Waals surface area (Å²) in [6.07, 6.45) is 4.66. The lowest BCUT2D eigenvalue weighted by molar-refractivity contribution is -0.154. The van der Waals surface area contributed by atoms with E-state index in [4.69, 9.17) is 16.3 Å². The average Bonchev–Trinajstić information content (AvgIpc) is 3.58. The monoisotopic (exact) mass is 672 g/mol.